The molecule has 1 heterocycles. The van der Waals surface area contributed by atoms with Gasteiger partial charge in [-0.2, -0.15) is 0 Å². The highest BCUT2D eigenvalue weighted by atomic mass is 32.2. The highest BCUT2D eigenvalue weighted by Gasteiger charge is 2.44. The molecule has 7 N–H and O–H groups in total. The van der Waals surface area contributed by atoms with Crippen LogP contribution >= 0.6 is 11.8 Å². The first kappa shape index (κ1) is 29.4. The molecule has 0 aliphatic carbocycles. The topological polar surface area (TPSA) is 150 Å². The molecule has 1 saturated heterocycles. The van der Waals surface area contributed by atoms with Crippen molar-refractivity contribution < 1.29 is 35.4 Å². The standard InChI is InChI=1S/C28H39NO7S/c1-15-9-21(32)20(27-26(36)25(35)24(34)22(13-30)37-27)12-19(15)11-17-5-7-18(8-6-17)16(2)10-23(33)29-28(3,4)14-31/h5-9,12,16,22,24-27,30-32,34-36H,10-11,13-14H2,1-4H3,(H,29,33)/t16?,22-,24-,25+,26-,27+/m1/s1. The van der Waals surface area contributed by atoms with Crippen LogP contribution in [0.1, 0.15) is 66.2 Å². The molecule has 37 heavy (non-hydrogen) atoms. The Morgan fingerprint density at radius 1 is 1.05 bits per heavy atom. The van der Waals surface area contributed by atoms with E-state index in [1.165, 1.54) is 0 Å². The van der Waals surface area contributed by atoms with E-state index in [0.717, 1.165) is 34.0 Å². The van der Waals surface area contributed by atoms with E-state index in [2.05, 4.69) is 5.32 Å². The first-order valence-corrected chi connectivity index (χ1v) is 13.4. The van der Waals surface area contributed by atoms with Gasteiger partial charge in [0.25, 0.3) is 0 Å². The number of phenolic OH excluding ortho intramolecular Hbond substituents is 1. The van der Waals surface area contributed by atoms with Gasteiger partial charge in [0.2, 0.25) is 5.91 Å². The van der Waals surface area contributed by atoms with Gasteiger partial charge in [-0.3, -0.25) is 4.79 Å². The summed E-state index contributed by atoms with van der Waals surface area (Å²) in [5.74, 6) is -0.131. The lowest BCUT2D eigenvalue weighted by atomic mass is 9.91. The molecule has 2 aromatic rings. The summed E-state index contributed by atoms with van der Waals surface area (Å²) < 4.78 is 0. The number of hydrogen-bond donors (Lipinski definition) is 7. The number of phenols is 1. The second kappa shape index (κ2) is 12.1. The normalized spacial score (nSPS) is 25.1. The Morgan fingerprint density at radius 3 is 2.30 bits per heavy atom. The third-order valence-electron chi connectivity index (χ3n) is 6.99. The zero-order valence-corrected chi connectivity index (χ0v) is 22.6. The summed E-state index contributed by atoms with van der Waals surface area (Å²) in [6, 6.07) is 11.4. The fraction of sp³-hybridized carbons (Fsp3) is 0.536. The van der Waals surface area contributed by atoms with E-state index >= 15 is 0 Å². The molecule has 1 amide bonds. The van der Waals surface area contributed by atoms with Gasteiger partial charge in [0.1, 0.15) is 11.9 Å². The second-order valence-electron chi connectivity index (χ2n) is 10.7. The average molecular weight is 534 g/mol. The summed E-state index contributed by atoms with van der Waals surface area (Å²) in [6.45, 7) is 6.91. The van der Waals surface area contributed by atoms with Crippen LogP contribution in [0.25, 0.3) is 0 Å². The highest BCUT2D eigenvalue weighted by Crippen LogP contribution is 2.46. The summed E-state index contributed by atoms with van der Waals surface area (Å²) in [7, 11) is 0. The summed E-state index contributed by atoms with van der Waals surface area (Å²) in [5.41, 5.74) is 3.65. The molecular formula is C28H39NO7S. The molecule has 8 nitrogen and oxygen atoms in total. The van der Waals surface area contributed by atoms with Crippen molar-refractivity contribution in [2.24, 2.45) is 0 Å². The smallest absolute Gasteiger partial charge is 0.221 e. The predicted molar refractivity (Wildman–Crippen MR) is 144 cm³/mol. The molecule has 1 unspecified atom stereocenters. The van der Waals surface area contributed by atoms with Crippen LogP contribution in [0.5, 0.6) is 5.75 Å². The van der Waals surface area contributed by atoms with Crippen LogP contribution < -0.4 is 5.32 Å². The van der Waals surface area contributed by atoms with Crippen LogP contribution in [0.4, 0.5) is 0 Å². The zero-order valence-electron chi connectivity index (χ0n) is 21.8. The molecule has 1 aliphatic rings. The monoisotopic (exact) mass is 533 g/mol. The third kappa shape index (κ3) is 7.04. The Morgan fingerprint density at radius 2 is 1.70 bits per heavy atom. The SMILES string of the molecule is Cc1cc(O)c([C@@H]2S[C@H](CO)[C@@H](O)[C@H](O)[C@H]2O)cc1Cc1ccc(C(C)CC(=O)NC(C)(C)CO)cc1. The molecule has 0 radical (unpaired) electrons. The van der Waals surface area contributed by atoms with Crippen LogP contribution in [-0.4, -0.2) is 78.9 Å². The third-order valence-corrected chi connectivity index (χ3v) is 8.60. The number of thioether (sulfide) groups is 1. The molecular weight excluding hydrogens is 494 g/mol. The summed E-state index contributed by atoms with van der Waals surface area (Å²) >= 11 is 1.14. The van der Waals surface area contributed by atoms with E-state index in [4.69, 9.17) is 0 Å². The average Bonchev–Trinajstić information content (AvgIpc) is 2.85. The van der Waals surface area contributed by atoms with E-state index in [1.807, 2.05) is 44.2 Å². The summed E-state index contributed by atoms with van der Waals surface area (Å²) in [5, 5.41) is 62.0. The van der Waals surface area contributed by atoms with Gasteiger partial charge in [-0.1, -0.05) is 37.3 Å². The maximum Gasteiger partial charge on any atom is 0.221 e. The number of carbonyl (C=O) groups excluding carboxylic acids is 1. The van der Waals surface area contributed by atoms with Crippen LogP contribution in [0.15, 0.2) is 36.4 Å². The number of aromatic hydroxyl groups is 1. The predicted octanol–water partition coefficient (Wildman–Crippen LogP) is 1.90. The van der Waals surface area contributed by atoms with Crippen molar-refractivity contribution in [1.82, 2.24) is 5.32 Å². The molecule has 0 saturated carbocycles. The van der Waals surface area contributed by atoms with Crippen molar-refractivity contribution in [1.29, 1.82) is 0 Å². The minimum atomic E-state index is -1.43. The minimum absolute atomic E-state index is 0.00313. The lowest BCUT2D eigenvalue weighted by Gasteiger charge is -2.40. The Kier molecular flexibility index (Phi) is 9.66. The Labute approximate surface area is 222 Å². The lowest BCUT2D eigenvalue weighted by Crippen LogP contribution is -2.51. The number of aryl methyl sites for hydroxylation is 1. The first-order chi connectivity index (χ1) is 17.4. The summed E-state index contributed by atoms with van der Waals surface area (Å²) in [4.78, 5) is 12.3. The number of carbonyl (C=O) groups is 1. The number of aliphatic hydroxyl groups is 5. The van der Waals surface area contributed by atoms with Gasteiger partial charge in [-0.05, 0) is 61.4 Å². The van der Waals surface area contributed by atoms with Gasteiger partial charge in [0.15, 0.2) is 0 Å². The van der Waals surface area contributed by atoms with Crippen molar-refractivity contribution in [2.45, 2.75) is 80.8 Å². The van der Waals surface area contributed by atoms with Gasteiger partial charge in [0, 0.05) is 12.0 Å². The molecule has 0 spiro atoms. The fourth-order valence-corrected chi connectivity index (χ4v) is 6.02. The van der Waals surface area contributed by atoms with Gasteiger partial charge in [-0.25, -0.2) is 0 Å². The number of rotatable bonds is 9. The molecule has 3 rings (SSSR count). The quantitative estimate of drug-likeness (QED) is 0.258. The second-order valence-corrected chi connectivity index (χ2v) is 12.1. The highest BCUT2D eigenvalue weighted by molar-refractivity contribution is 8.00. The lowest BCUT2D eigenvalue weighted by molar-refractivity contribution is -0.123. The van der Waals surface area contributed by atoms with E-state index in [1.54, 1.807) is 19.9 Å². The Balaban J connectivity index is 1.75. The number of benzene rings is 2. The van der Waals surface area contributed by atoms with Crippen molar-refractivity contribution >= 4 is 17.7 Å². The van der Waals surface area contributed by atoms with E-state index < -0.39 is 34.4 Å². The van der Waals surface area contributed by atoms with Crippen molar-refractivity contribution in [3.05, 3.63) is 64.2 Å². The van der Waals surface area contributed by atoms with Gasteiger partial charge < -0.3 is 36.0 Å². The summed E-state index contributed by atoms with van der Waals surface area (Å²) in [6.07, 6.45) is -3.12. The van der Waals surface area contributed by atoms with Crippen molar-refractivity contribution in [3.63, 3.8) is 0 Å². The molecule has 9 heteroatoms. The van der Waals surface area contributed by atoms with Crippen LogP contribution in [0.2, 0.25) is 0 Å². The Hall–Kier alpha value is -2.14. The van der Waals surface area contributed by atoms with Crippen LogP contribution in [0, 0.1) is 6.92 Å². The molecule has 6 atom stereocenters. The first-order valence-electron chi connectivity index (χ1n) is 12.5. The van der Waals surface area contributed by atoms with Crippen LogP contribution in [0.3, 0.4) is 0 Å². The van der Waals surface area contributed by atoms with E-state index in [-0.39, 0.29) is 30.8 Å². The molecule has 1 fully saturated rings. The molecule has 204 valence electrons. The number of nitrogens with one attached hydrogen (secondary N) is 1. The molecule has 0 aromatic heterocycles. The number of amides is 1. The van der Waals surface area contributed by atoms with Crippen molar-refractivity contribution in [2.75, 3.05) is 13.2 Å². The fourth-order valence-electron chi connectivity index (χ4n) is 4.58. The number of aliphatic hydroxyl groups excluding tert-OH is 5. The van der Waals surface area contributed by atoms with Gasteiger partial charge in [0.05, 0.1) is 41.5 Å². The van der Waals surface area contributed by atoms with Crippen molar-refractivity contribution in [3.8, 4) is 5.75 Å². The van der Waals surface area contributed by atoms with Crippen LogP contribution in [-0.2, 0) is 11.2 Å². The van der Waals surface area contributed by atoms with Gasteiger partial charge in [-0.15, -0.1) is 11.8 Å². The van der Waals surface area contributed by atoms with E-state index in [0.29, 0.717) is 18.4 Å². The van der Waals surface area contributed by atoms with E-state index in [9.17, 15) is 35.4 Å². The molecule has 2 aromatic carbocycles. The largest absolute Gasteiger partial charge is 0.508 e. The molecule has 1 aliphatic heterocycles. The zero-order chi connectivity index (χ0) is 27.5. The maximum atomic E-state index is 12.3. The minimum Gasteiger partial charge on any atom is -0.508 e. The molecule has 0 bridgehead atoms. The van der Waals surface area contributed by atoms with Gasteiger partial charge >= 0.3 is 0 Å². The Bertz CT molecular complexity index is 1070. The maximum absolute atomic E-state index is 12.3. The number of hydrogen-bond acceptors (Lipinski definition) is 8.